The summed E-state index contributed by atoms with van der Waals surface area (Å²) in [6, 6.07) is 15.2. The molecule has 0 atom stereocenters. The highest BCUT2D eigenvalue weighted by Gasteiger charge is 2.09. The molecule has 0 radical (unpaired) electrons. The van der Waals surface area contributed by atoms with Crippen LogP contribution in [0.3, 0.4) is 0 Å². The molecule has 4 rings (SSSR count). The maximum absolute atomic E-state index is 6.37. The smallest absolute Gasteiger partial charge is 0.243 e. The summed E-state index contributed by atoms with van der Waals surface area (Å²) in [4.78, 5) is 8.76. The predicted octanol–water partition coefficient (Wildman–Crippen LogP) is 5.40. The maximum Gasteiger partial charge on any atom is 0.243 e. The van der Waals surface area contributed by atoms with E-state index in [0.29, 0.717) is 27.7 Å². The molecule has 2 aromatic heterocycles. The summed E-state index contributed by atoms with van der Waals surface area (Å²) in [6.07, 6.45) is 0. The Kier molecular flexibility index (Phi) is 5.42. The van der Waals surface area contributed by atoms with Crippen LogP contribution in [0.2, 0.25) is 5.02 Å². The first-order valence-electron chi connectivity index (χ1n) is 9.43. The fourth-order valence-corrected chi connectivity index (χ4v) is 3.33. The molecular formula is C23H21ClN4O2. The summed E-state index contributed by atoms with van der Waals surface area (Å²) in [5.74, 6) is 1.89. The molecule has 6 nitrogen and oxygen atoms in total. The first-order valence-corrected chi connectivity index (χ1v) is 9.81. The summed E-state index contributed by atoms with van der Waals surface area (Å²) in [5.41, 5.74) is 7.22. The number of anilines is 1. The second kappa shape index (κ2) is 8.16. The third kappa shape index (κ3) is 4.14. The van der Waals surface area contributed by atoms with Crippen molar-refractivity contribution in [2.45, 2.75) is 20.8 Å². The molecule has 152 valence electrons. The highest BCUT2D eigenvalue weighted by atomic mass is 35.5. The Labute approximate surface area is 179 Å². The van der Waals surface area contributed by atoms with Gasteiger partial charge < -0.3 is 9.15 Å². The van der Waals surface area contributed by atoms with Crippen molar-refractivity contribution in [3.05, 3.63) is 75.9 Å². The number of hydrogen-bond donors (Lipinski definition) is 1. The number of aryl methyl sites for hydroxylation is 3. The van der Waals surface area contributed by atoms with Crippen molar-refractivity contribution in [1.82, 2.24) is 9.97 Å². The van der Waals surface area contributed by atoms with Crippen LogP contribution in [0.4, 0.5) is 5.95 Å². The van der Waals surface area contributed by atoms with Crippen LogP contribution in [-0.4, -0.2) is 17.1 Å². The number of fused-ring (bicyclic) bond motifs is 1. The van der Waals surface area contributed by atoms with Crippen LogP contribution in [0, 0.1) is 20.8 Å². The van der Waals surface area contributed by atoms with E-state index in [4.69, 9.17) is 20.8 Å². The van der Waals surface area contributed by atoms with Crippen LogP contribution in [-0.2, 0) is 0 Å². The lowest BCUT2D eigenvalue weighted by Gasteiger charge is -2.08. The van der Waals surface area contributed by atoms with E-state index in [-0.39, 0.29) is 0 Å². The Morgan fingerprint density at radius 1 is 0.967 bits per heavy atom. The topological polar surface area (TPSA) is 72.5 Å². The first-order chi connectivity index (χ1) is 14.4. The summed E-state index contributed by atoms with van der Waals surface area (Å²) in [5, 5.41) is 6.67. The lowest BCUT2D eigenvalue weighted by atomic mass is 10.1. The molecule has 0 bridgehead atoms. The zero-order valence-electron chi connectivity index (χ0n) is 17.2. The van der Waals surface area contributed by atoms with Crippen molar-refractivity contribution in [3.8, 4) is 17.1 Å². The second-order valence-electron chi connectivity index (χ2n) is 7.02. The normalized spacial score (nSPS) is 11.7. The fraction of sp³-hybridized carbons (Fsp3) is 0.174. The number of hydrogen-bond acceptors (Lipinski definition) is 6. The molecule has 0 aliphatic carbocycles. The number of ether oxygens (including phenoxy) is 1. The van der Waals surface area contributed by atoms with Gasteiger partial charge >= 0.3 is 0 Å². The van der Waals surface area contributed by atoms with Crippen LogP contribution < -0.4 is 15.5 Å². The van der Waals surface area contributed by atoms with E-state index in [1.54, 1.807) is 7.11 Å². The van der Waals surface area contributed by atoms with Crippen molar-refractivity contribution >= 4 is 28.5 Å². The van der Waals surface area contributed by atoms with Gasteiger partial charge in [-0.05, 0) is 68.8 Å². The predicted molar refractivity (Wildman–Crippen MR) is 119 cm³/mol. The Morgan fingerprint density at radius 2 is 1.67 bits per heavy atom. The quantitative estimate of drug-likeness (QED) is 0.447. The van der Waals surface area contributed by atoms with Crippen molar-refractivity contribution in [1.29, 1.82) is 0 Å². The van der Waals surface area contributed by atoms with Crippen LogP contribution >= 0.6 is 11.6 Å². The monoisotopic (exact) mass is 420 g/mol. The average molecular weight is 421 g/mol. The molecule has 30 heavy (non-hydrogen) atoms. The van der Waals surface area contributed by atoms with E-state index in [1.807, 2.05) is 69.3 Å². The van der Waals surface area contributed by atoms with Crippen molar-refractivity contribution in [2.24, 2.45) is 5.10 Å². The molecule has 0 spiro atoms. The number of benzene rings is 2. The van der Waals surface area contributed by atoms with E-state index in [1.165, 1.54) is 0 Å². The Morgan fingerprint density at radius 3 is 2.33 bits per heavy atom. The number of rotatable bonds is 4. The van der Waals surface area contributed by atoms with Crippen LogP contribution in [0.15, 0.2) is 58.0 Å². The minimum Gasteiger partial charge on any atom is -0.497 e. The average Bonchev–Trinajstić information content (AvgIpc) is 2.72. The summed E-state index contributed by atoms with van der Waals surface area (Å²) < 4.78 is 11.4. The second-order valence-corrected chi connectivity index (χ2v) is 7.43. The minimum absolute atomic E-state index is 0.436. The van der Waals surface area contributed by atoms with Gasteiger partial charge in [0.25, 0.3) is 0 Å². The Hall–Kier alpha value is -3.38. The molecule has 0 amide bonds. The lowest BCUT2D eigenvalue weighted by Crippen LogP contribution is -2.09. The van der Waals surface area contributed by atoms with Gasteiger partial charge in [-0.1, -0.05) is 11.6 Å². The molecule has 0 aliphatic rings. The van der Waals surface area contributed by atoms with Crippen molar-refractivity contribution in [3.63, 3.8) is 0 Å². The zero-order chi connectivity index (χ0) is 21.3. The Bertz CT molecular complexity index is 1280. The number of aromatic nitrogens is 2. The van der Waals surface area contributed by atoms with Gasteiger partial charge in [-0.15, -0.1) is 0 Å². The van der Waals surface area contributed by atoms with Gasteiger partial charge in [0.15, 0.2) is 0 Å². The molecule has 4 aromatic rings. The number of nitrogens with one attached hydrogen (secondary N) is 1. The molecule has 0 unspecified atom stereocenters. The highest BCUT2D eigenvalue weighted by molar-refractivity contribution is 6.32. The van der Waals surface area contributed by atoms with E-state index in [0.717, 1.165) is 33.7 Å². The van der Waals surface area contributed by atoms with E-state index in [9.17, 15) is 0 Å². The van der Waals surface area contributed by atoms with Gasteiger partial charge in [0.1, 0.15) is 17.1 Å². The van der Waals surface area contributed by atoms with Crippen LogP contribution in [0.1, 0.15) is 17.0 Å². The SMILES string of the molecule is COc1ccc(-c2c/c(=N\Nc3nc(C)cc(C)n3)c3cc(Cl)c(C)cc3o2)cc1. The molecule has 0 fully saturated rings. The minimum atomic E-state index is 0.436. The van der Waals surface area contributed by atoms with Gasteiger partial charge in [-0.25, -0.2) is 15.4 Å². The fourth-order valence-electron chi connectivity index (χ4n) is 3.17. The van der Waals surface area contributed by atoms with E-state index < -0.39 is 0 Å². The largest absolute Gasteiger partial charge is 0.497 e. The number of halogens is 1. The zero-order valence-corrected chi connectivity index (χ0v) is 17.9. The van der Waals surface area contributed by atoms with Crippen molar-refractivity contribution in [2.75, 3.05) is 12.5 Å². The van der Waals surface area contributed by atoms with Gasteiger partial charge in [0.05, 0.1) is 12.5 Å². The molecule has 2 heterocycles. The van der Waals surface area contributed by atoms with Crippen LogP contribution in [0.25, 0.3) is 22.3 Å². The maximum atomic E-state index is 6.37. The summed E-state index contributed by atoms with van der Waals surface area (Å²) in [7, 11) is 1.64. The molecule has 1 N–H and O–H groups in total. The third-order valence-electron chi connectivity index (χ3n) is 4.66. The standard InChI is InChI=1S/C23H21ClN4O2/c1-13-9-22-18(11-19(13)24)20(27-28-23-25-14(2)10-15(3)26-23)12-21(30-22)16-5-7-17(29-4)8-6-16/h5-12H,1-4H3,(H,25,26,28)/b27-20+. The van der Waals surface area contributed by atoms with E-state index in [2.05, 4.69) is 20.5 Å². The molecule has 0 saturated carbocycles. The van der Waals surface area contributed by atoms with E-state index >= 15 is 0 Å². The number of methoxy groups -OCH3 is 1. The van der Waals surface area contributed by atoms with Gasteiger partial charge in [-0.3, -0.25) is 0 Å². The van der Waals surface area contributed by atoms with Crippen LogP contribution in [0.5, 0.6) is 5.75 Å². The summed E-state index contributed by atoms with van der Waals surface area (Å²) >= 11 is 6.37. The summed E-state index contributed by atoms with van der Waals surface area (Å²) in [6.45, 7) is 5.78. The first kappa shape index (κ1) is 19.9. The molecule has 2 aromatic carbocycles. The van der Waals surface area contributed by atoms with Gasteiger partial charge in [-0.2, -0.15) is 5.10 Å². The highest BCUT2D eigenvalue weighted by Crippen LogP contribution is 2.27. The molecular weight excluding hydrogens is 400 g/mol. The molecule has 0 aliphatic heterocycles. The van der Waals surface area contributed by atoms with Crippen molar-refractivity contribution < 1.29 is 9.15 Å². The number of nitrogens with zero attached hydrogens (tertiary/aromatic N) is 3. The Balaban J connectivity index is 1.87. The lowest BCUT2D eigenvalue weighted by molar-refractivity contribution is 0.415. The third-order valence-corrected chi connectivity index (χ3v) is 5.06. The van der Waals surface area contributed by atoms with Gasteiger partial charge in [0, 0.05) is 33.4 Å². The van der Waals surface area contributed by atoms with Gasteiger partial charge in [0.2, 0.25) is 5.95 Å². The molecule has 7 heteroatoms. The molecule has 0 saturated heterocycles.